The van der Waals surface area contributed by atoms with Crippen molar-refractivity contribution >= 4 is 21.7 Å². The van der Waals surface area contributed by atoms with Crippen molar-refractivity contribution in [2.24, 2.45) is 5.92 Å². The fourth-order valence-corrected chi connectivity index (χ4v) is 4.07. The third-order valence-electron chi connectivity index (χ3n) is 3.62. The number of aromatic nitrogens is 1. The Morgan fingerprint density at radius 1 is 1.29 bits per heavy atom. The van der Waals surface area contributed by atoms with Gasteiger partial charge < -0.3 is 10.1 Å². The highest BCUT2D eigenvalue weighted by atomic mass is 32.2. The predicted octanol–water partition coefficient (Wildman–Crippen LogP) is 1.47. The number of para-hydroxylation sites is 1. The highest BCUT2D eigenvalue weighted by Crippen LogP contribution is 2.33. The second-order valence-corrected chi connectivity index (χ2v) is 6.81. The third-order valence-corrected chi connectivity index (χ3v) is 5.40. The first kappa shape index (κ1) is 13.7. The van der Waals surface area contributed by atoms with Crippen molar-refractivity contribution < 1.29 is 18.3 Å². The van der Waals surface area contributed by atoms with Crippen LogP contribution in [0, 0.1) is 5.92 Å². The number of anilines is 1. The molecule has 2 N–H and O–H groups in total. The van der Waals surface area contributed by atoms with Crippen LogP contribution in [0.5, 0.6) is 0 Å². The third kappa shape index (κ3) is 2.29. The minimum atomic E-state index is -3.76. The van der Waals surface area contributed by atoms with Gasteiger partial charge in [0.25, 0.3) is 10.0 Å². The lowest BCUT2D eigenvalue weighted by atomic mass is 9.94. The van der Waals surface area contributed by atoms with Crippen LogP contribution in [0.15, 0.2) is 47.6 Å². The summed E-state index contributed by atoms with van der Waals surface area (Å²) in [7, 11) is -3.76. The average Bonchev–Trinajstić information content (AvgIpc) is 3.00. The Labute approximate surface area is 122 Å². The Kier molecular flexibility index (Phi) is 3.21. The fraction of sp³-hybridized carbons (Fsp3) is 0.214. The summed E-state index contributed by atoms with van der Waals surface area (Å²) in [6, 6.07) is 8.47. The molecule has 0 spiro atoms. The summed E-state index contributed by atoms with van der Waals surface area (Å²) in [5.74, 6) is -1.73. The fourth-order valence-electron chi connectivity index (χ4n) is 2.54. The minimum absolute atomic E-state index is 0.0557. The van der Waals surface area contributed by atoms with E-state index in [0.717, 1.165) is 5.56 Å². The van der Waals surface area contributed by atoms with E-state index in [1.54, 1.807) is 24.3 Å². The Bertz CT molecular complexity index is 768. The molecule has 0 bridgehead atoms. The van der Waals surface area contributed by atoms with Gasteiger partial charge in [-0.05, 0) is 24.1 Å². The lowest BCUT2D eigenvalue weighted by molar-refractivity contribution is -0.141. The Balaban J connectivity index is 2.11. The number of nitrogens with one attached hydrogen (secondary N) is 1. The molecule has 0 saturated carbocycles. The molecule has 0 amide bonds. The van der Waals surface area contributed by atoms with Crippen LogP contribution in [0.1, 0.15) is 5.56 Å². The van der Waals surface area contributed by atoms with Crippen LogP contribution < -0.4 is 4.31 Å². The largest absolute Gasteiger partial charge is 0.481 e. The molecule has 1 aromatic heterocycles. The Hall–Kier alpha value is -2.28. The van der Waals surface area contributed by atoms with Gasteiger partial charge in [-0.1, -0.05) is 18.2 Å². The molecule has 0 aliphatic carbocycles. The van der Waals surface area contributed by atoms with Crippen LogP contribution in [0.4, 0.5) is 5.69 Å². The summed E-state index contributed by atoms with van der Waals surface area (Å²) >= 11 is 0. The summed E-state index contributed by atoms with van der Waals surface area (Å²) in [5, 5.41) is 9.25. The normalized spacial score (nSPS) is 18.3. The molecule has 21 heavy (non-hydrogen) atoms. The van der Waals surface area contributed by atoms with Gasteiger partial charge in [0.05, 0.1) is 11.6 Å². The van der Waals surface area contributed by atoms with Gasteiger partial charge in [0, 0.05) is 18.9 Å². The molecular weight excluding hydrogens is 292 g/mol. The van der Waals surface area contributed by atoms with Crippen LogP contribution in [0.3, 0.4) is 0 Å². The predicted molar refractivity (Wildman–Crippen MR) is 76.6 cm³/mol. The van der Waals surface area contributed by atoms with E-state index < -0.39 is 21.9 Å². The number of carboxylic acid groups (broad SMARTS) is 1. The van der Waals surface area contributed by atoms with Crippen molar-refractivity contribution in [2.45, 2.75) is 11.3 Å². The van der Waals surface area contributed by atoms with E-state index >= 15 is 0 Å². The first-order chi connectivity index (χ1) is 10.00. The maximum Gasteiger partial charge on any atom is 0.308 e. The number of nitrogens with zero attached hydrogens (tertiary/aromatic N) is 1. The number of hydrogen-bond donors (Lipinski definition) is 2. The number of hydrogen-bond acceptors (Lipinski definition) is 3. The summed E-state index contributed by atoms with van der Waals surface area (Å²) in [6.45, 7) is -0.0557. The number of carboxylic acids is 1. The zero-order valence-electron chi connectivity index (χ0n) is 11.1. The number of H-pyrrole nitrogens is 1. The molecule has 1 aliphatic rings. The molecule has 1 atom stereocenters. The van der Waals surface area contributed by atoms with Gasteiger partial charge in [-0.3, -0.25) is 9.10 Å². The van der Waals surface area contributed by atoms with Crippen molar-refractivity contribution in [3.8, 4) is 0 Å². The van der Waals surface area contributed by atoms with Crippen molar-refractivity contribution in [3.05, 3.63) is 48.3 Å². The quantitative estimate of drug-likeness (QED) is 0.898. The molecular formula is C14H14N2O4S. The van der Waals surface area contributed by atoms with Gasteiger partial charge in [0.15, 0.2) is 0 Å². The average molecular weight is 306 g/mol. The highest BCUT2D eigenvalue weighted by molar-refractivity contribution is 7.92. The van der Waals surface area contributed by atoms with Crippen molar-refractivity contribution in [2.75, 3.05) is 10.8 Å². The van der Waals surface area contributed by atoms with Gasteiger partial charge in [0.1, 0.15) is 4.90 Å². The molecule has 0 radical (unpaired) electrons. The number of rotatable bonds is 3. The number of sulfonamides is 1. The van der Waals surface area contributed by atoms with Crippen LogP contribution in [0.2, 0.25) is 0 Å². The van der Waals surface area contributed by atoms with Crippen LogP contribution in [-0.4, -0.2) is 31.0 Å². The first-order valence-corrected chi connectivity index (χ1v) is 7.90. The maximum atomic E-state index is 12.7. The van der Waals surface area contributed by atoms with E-state index in [-0.39, 0.29) is 11.4 Å². The molecule has 1 unspecified atom stereocenters. The van der Waals surface area contributed by atoms with Crippen LogP contribution in [-0.2, 0) is 21.2 Å². The van der Waals surface area contributed by atoms with E-state index in [0.29, 0.717) is 12.1 Å². The minimum Gasteiger partial charge on any atom is -0.481 e. The standard InChI is InChI=1S/C14H14N2O4S/c17-14(18)11-7-10-3-1-2-4-13(10)16(9-11)21(19,20)12-5-6-15-8-12/h1-6,8,11,15H,7,9H2,(H,17,18). The number of aliphatic carboxylic acids is 1. The molecule has 0 fully saturated rings. The smallest absolute Gasteiger partial charge is 0.308 e. The van der Waals surface area contributed by atoms with E-state index in [1.807, 2.05) is 0 Å². The molecule has 1 aliphatic heterocycles. The van der Waals surface area contributed by atoms with Gasteiger partial charge in [-0.2, -0.15) is 0 Å². The molecule has 7 heteroatoms. The number of aromatic amines is 1. The second kappa shape index (κ2) is 4.92. The topological polar surface area (TPSA) is 90.5 Å². The van der Waals surface area contributed by atoms with E-state index in [2.05, 4.69) is 4.98 Å². The monoisotopic (exact) mass is 306 g/mol. The van der Waals surface area contributed by atoms with Gasteiger partial charge in [0.2, 0.25) is 0 Å². The zero-order valence-corrected chi connectivity index (χ0v) is 11.9. The summed E-state index contributed by atoms with van der Waals surface area (Å²) in [4.78, 5) is 14.1. The Morgan fingerprint density at radius 2 is 2.05 bits per heavy atom. The second-order valence-electron chi connectivity index (χ2n) is 4.95. The van der Waals surface area contributed by atoms with Gasteiger partial charge >= 0.3 is 5.97 Å². The molecule has 3 rings (SSSR count). The van der Waals surface area contributed by atoms with E-state index in [9.17, 15) is 18.3 Å². The summed E-state index contributed by atoms with van der Waals surface area (Å²) in [6.07, 6.45) is 3.25. The van der Waals surface area contributed by atoms with Crippen LogP contribution in [0.25, 0.3) is 0 Å². The lowest BCUT2D eigenvalue weighted by Gasteiger charge is -2.33. The maximum absolute atomic E-state index is 12.7. The summed E-state index contributed by atoms with van der Waals surface area (Å²) < 4.78 is 26.6. The van der Waals surface area contributed by atoms with Crippen molar-refractivity contribution in [1.29, 1.82) is 0 Å². The summed E-state index contributed by atoms with van der Waals surface area (Å²) in [5.41, 5.74) is 1.28. The molecule has 110 valence electrons. The first-order valence-electron chi connectivity index (χ1n) is 6.46. The molecule has 6 nitrogen and oxygen atoms in total. The van der Waals surface area contributed by atoms with E-state index in [1.165, 1.54) is 22.8 Å². The number of benzene rings is 1. The van der Waals surface area contributed by atoms with Crippen LogP contribution >= 0.6 is 0 Å². The van der Waals surface area contributed by atoms with E-state index in [4.69, 9.17) is 0 Å². The molecule has 0 saturated heterocycles. The van der Waals surface area contributed by atoms with Crippen molar-refractivity contribution in [3.63, 3.8) is 0 Å². The highest BCUT2D eigenvalue weighted by Gasteiger charge is 2.36. The Morgan fingerprint density at radius 3 is 2.71 bits per heavy atom. The zero-order chi connectivity index (χ0) is 15.0. The van der Waals surface area contributed by atoms with Gasteiger partial charge in [-0.25, -0.2) is 8.42 Å². The number of fused-ring (bicyclic) bond motifs is 1. The molecule has 2 heterocycles. The van der Waals surface area contributed by atoms with Gasteiger partial charge in [-0.15, -0.1) is 0 Å². The molecule has 2 aromatic rings. The van der Waals surface area contributed by atoms with Crippen molar-refractivity contribution in [1.82, 2.24) is 4.98 Å². The number of carbonyl (C=O) groups is 1. The SMILES string of the molecule is O=C(O)C1Cc2ccccc2N(S(=O)(=O)c2cc[nH]c2)C1. The molecule has 1 aromatic carbocycles. The lowest BCUT2D eigenvalue weighted by Crippen LogP contribution is -2.42.